The average Bonchev–Trinajstić information content (AvgIpc) is 3.26. The number of aromatic nitrogens is 2. The molecule has 1 saturated heterocycles. The van der Waals surface area contributed by atoms with Crippen LogP contribution in [0.15, 0.2) is 30.2 Å². The van der Waals surface area contributed by atoms with Crippen molar-refractivity contribution in [3.8, 4) is 0 Å². The van der Waals surface area contributed by atoms with Crippen molar-refractivity contribution in [2.24, 2.45) is 0 Å². The van der Waals surface area contributed by atoms with Crippen molar-refractivity contribution in [3.05, 3.63) is 51.8 Å². The van der Waals surface area contributed by atoms with Gasteiger partial charge in [0, 0.05) is 39.3 Å². The highest BCUT2D eigenvalue weighted by atomic mass is 32.1. The number of rotatable bonds is 10. The van der Waals surface area contributed by atoms with Gasteiger partial charge in [0.15, 0.2) is 0 Å². The van der Waals surface area contributed by atoms with E-state index in [0.29, 0.717) is 22.4 Å². The maximum absolute atomic E-state index is 13.8. The topological polar surface area (TPSA) is 82.0 Å². The van der Waals surface area contributed by atoms with E-state index in [4.69, 9.17) is 4.98 Å². The van der Waals surface area contributed by atoms with Crippen LogP contribution in [-0.2, 0) is 0 Å². The number of carbonyl (C=O) groups is 1. The largest absolute Gasteiger partial charge is 0.368 e. The van der Waals surface area contributed by atoms with E-state index in [0.717, 1.165) is 68.5 Å². The molecule has 4 rings (SSSR count). The molecule has 8 nitrogen and oxygen atoms in total. The molecule has 0 bridgehead atoms. The number of anilines is 1. The van der Waals surface area contributed by atoms with Crippen LogP contribution in [0.1, 0.15) is 41.2 Å². The van der Waals surface area contributed by atoms with Crippen molar-refractivity contribution >= 4 is 50.9 Å². The number of amides is 1. The van der Waals surface area contributed by atoms with Gasteiger partial charge in [-0.25, -0.2) is 4.98 Å². The van der Waals surface area contributed by atoms with E-state index in [2.05, 4.69) is 47.4 Å². The molecule has 1 fully saturated rings. The van der Waals surface area contributed by atoms with E-state index >= 15 is 0 Å². The van der Waals surface area contributed by atoms with Gasteiger partial charge in [0.2, 0.25) is 5.43 Å². The van der Waals surface area contributed by atoms with Crippen molar-refractivity contribution in [3.63, 3.8) is 0 Å². The predicted octanol–water partition coefficient (Wildman–Crippen LogP) is 3.07. The third-order valence-corrected chi connectivity index (χ3v) is 7.62. The Morgan fingerprint density at radius 3 is 2.69 bits per heavy atom. The Kier molecular flexibility index (Phi) is 8.00. The number of pyridine rings is 2. The van der Waals surface area contributed by atoms with Gasteiger partial charge in [-0.05, 0) is 37.7 Å². The second-order valence-corrected chi connectivity index (χ2v) is 9.63. The van der Waals surface area contributed by atoms with Crippen molar-refractivity contribution in [1.82, 2.24) is 24.9 Å². The van der Waals surface area contributed by atoms with E-state index in [1.54, 1.807) is 12.2 Å². The second-order valence-electron chi connectivity index (χ2n) is 8.60. The Hall–Kier alpha value is -3.01. The van der Waals surface area contributed by atoms with Crippen molar-refractivity contribution < 1.29 is 4.79 Å². The van der Waals surface area contributed by atoms with Crippen LogP contribution in [-0.4, -0.2) is 72.5 Å². The number of piperazine rings is 1. The fourth-order valence-corrected chi connectivity index (χ4v) is 5.75. The SMILES string of the molecule is C=Cc1sc2c(C(=O)NCCN(CC)CCC)c(=O)c3cc(N4CCNCC4)cnc3n2c1C=C. The number of fused-ring (bicyclic) bond motifs is 3. The van der Waals surface area contributed by atoms with Crippen molar-refractivity contribution in [2.75, 3.05) is 57.3 Å². The molecular formula is C26H34N6O2S. The molecule has 0 radical (unpaired) electrons. The van der Waals surface area contributed by atoms with Gasteiger partial charge < -0.3 is 20.4 Å². The third kappa shape index (κ3) is 4.89. The minimum absolute atomic E-state index is 0.150. The first-order valence-corrected chi connectivity index (χ1v) is 13.1. The van der Waals surface area contributed by atoms with Gasteiger partial charge >= 0.3 is 0 Å². The zero-order chi connectivity index (χ0) is 24.9. The number of hydrogen-bond donors (Lipinski definition) is 2. The van der Waals surface area contributed by atoms with E-state index < -0.39 is 0 Å². The number of likely N-dealkylation sites (N-methyl/N-ethyl adjacent to an activating group) is 1. The molecule has 35 heavy (non-hydrogen) atoms. The highest BCUT2D eigenvalue weighted by Crippen LogP contribution is 2.31. The molecular weight excluding hydrogens is 460 g/mol. The van der Waals surface area contributed by atoms with Crippen LogP contribution >= 0.6 is 11.3 Å². The molecule has 3 aromatic rings. The van der Waals surface area contributed by atoms with Crippen LogP contribution in [0.2, 0.25) is 0 Å². The predicted molar refractivity (Wildman–Crippen MR) is 147 cm³/mol. The van der Waals surface area contributed by atoms with Crippen LogP contribution in [0.3, 0.4) is 0 Å². The summed E-state index contributed by atoms with van der Waals surface area (Å²) in [6.45, 7) is 18.7. The first kappa shape index (κ1) is 25.1. The minimum Gasteiger partial charge on any atom is -0.368 e. The molecule has 186 valence electrons. The zero-order valence-corrected chi connectivity index (χ0v) is 21.4. The Labute approximate surface area is 209 Å². The molecule has 3 aromatic heterocycles. The van der Waals surface area contributed by atoms with Crippen molar-refractivity contribution in [2.45, 2.75) is 20.3 Å². The van der Waals surface area contributed by atoms with E-state index in [9.17, 15) is 9.59 Å². The maximum Gasteiger partial charge on any atom is 0.258 e. The molecule has 0 unspecified atom stereocenters. The lowest BCUT2D eigenvalue weighted by Crippen LogP contribution is -2.43. The Balaban J connectivity index is 1.82. The summed E-state index contributed by atoms with van der Waals surface area (Å²) in [5, 5.41) is 6.76. The summed E-state index contributed by atoms with van der Waals surface area (Å²) in [5.74, 6) is -0.359. The van der Waals surface area contributed by atoms with Gasteiger partial charge in [-0.3, -0.25) is 14.0 Å². The van der Waals surface area contributed by atoms with Gasteiger partial charge in [-0.2, -0.15) is 0 Å². The summed E-state index contributed by atoms with van der Waals surface area (Å²) < 4.78 is 1.87. The van der Waals surface area contributed by atoms with E-state index in [1.165, 1.54) is 11.3 Å². The van der Waals surface area contributed by atoms with Crippen molar-refractivity contribution in [1.29, 1.82) is 0 Å². The molecule has 1 aliphatic heterocycles. The molecule has 1 aliphatic rings. The van der Waals surface area contributed by atoms with Gasteiger partial charge in [-0.1, -0.05) is 27.0 Å². The monoisotopic (exact) mass is 494 g/mol. The first-order valence-electron chi connectivity index (χ1n) is 12.3. The molecule has 0 atom stereocenters. The summed E-state index contributed by atoms with van der Waals surface area (Å²) in [5.41, 5.74) is 2.05. The number of hydrogen-bond acceptors (Lipinski definition) is 7. The van der Waals surface area contributed by atoms with Gasteiger partial charge in [0.25, 0.3) is 5.91 Å². The van der Waals surface area contributed by atoms with Gasteiger partial charge in [0.05, 0.1) is 27.8 Å². The number of thiazole rings is 1. The fraction of sp³-hybridized carbons (Fsp3) is 0.423. The van der Waals surface area contributed by atoms with Crippen LogP contribution in [0.4, 0.5) is 5.69 Å². The Morgan fingerprint density at radius 2 is 2.03 bits per heavy atom. The smallest absolute Gasteiger partial charge is 0.258 e. The molecule has 1 amide bonds. The standard InChI is InChI=1S/C26H34N6O2S/c1-5-12-30(8-4)13-11-28-25(34)22-23(33)19-16-18(31-14-9-27-10-15-31)17-29-24(19)32-20(6-2)21(7-3)35-26(22)32/h6-7,16-17,27H,2-3,5,8-15H2,1,4H3,(H,28,34). The zero-order valence-electron chi connectivity index (χ0n) is 20.6. The second kappa shape index (κ2) is 11.2. The Morgan fingerprint density at radius 1 is 1.26 bits per heavy atom. The summed E-state index contributed by atoms with van der Waals surface area (Å²) in [7, 11) is 0. The minimum atomic E-state index is -0.359. The normalized spacial score (nSPS) is 14.1. The molecule has 0 aliphatic carbocycles. The summed E-state index contributed by atoms with van der Waals surface area (Å²) in [4.78, 5) is 37.8. The number of nitrogens with zero attached hydrogens (tertiary/aromatic N) is 4. The highest BCUT2D eigenvalue weighted by Gasteiger charge is 2.24. The van der Waals surface area contributed by atoms with Gasteiger partial charge in [-0.15, -0.1) is 11.3 Å². The van der Waals surface area contributed by atoms with E-state index in [1.807, 2.05) is 16.7 Å². The summed E-state index contributed by atoms with van der Waals surface area (Å²) >= 11 is 1.36. The average molecular weight is 495 g/mol. The molecule has 4 heterocycles. The molecule has 0 saturated carbocycles. The lowest BCUT2D eigenvalue weighted by molar-refractivity contribution is 0.0949. The maximum atomic E-state index is 13.8. The van der Waals surface area contributed by atoms with Crippen LogP contribution in [0, 0.1) is 0 Å². The van der Waals surface area contributed by atoms with Gasteiger partial charge in [0.1, 0.15) is 16.0 Å². The molecule has 9 heteroatoms. The number of carbonyl (C=O) groups excluding carboxylic acids is 1. The quantitative estimate of drug-likeness (QED) is 0.451. The molecule has 0 spiro atoms. The summed E-state index contributed by atoms with van der Waals surface area (Å²) in [6.07, 6.45) is 6.32. The van der Waals surface area contributed by atoms with E-state index in [-0.39, 0.29) is 16.9 Å². The van der Waals surface area contributed by atoms with Crippen LogP contribution in [0.5, 0.6) is 0 Å². The number of nitrogens with one attached hydrogen (secondary N) is 2. The summed E-state index contributed by atoms with van der Waals surface area (Å²) in [6, 6.07) is 1.87. The third-order valence-electron chi connectivity index (χ3n) is 6.44. The molecule has 2 N–H and O–H groups in total. The lowest BCUT2D eigenvalue weighted by atomic mass is 10.1. The van der Waals surface area contributed by atoms with Crippen LogP contribution < -0.4 is 21.0 Å². The molecule has 0 aromatic carbocycles. The van der Waals surface area contributed by atoms with Crippen LogP contribution in [0.25, 0.3) is 28.0 Å². The highest BCUT2D eigenvalue weighted by molar-refractivity contribution is 7.19. The fourth-order valence-electron chi connectivity index (χ4n) is 4.61. The lowest BCUT2D eigenvalue weighted by Gasteiger charge is -2.29. The first-order chi connectivity index (χ1) is 17.0. The Bertz CT molecular complexity index is 1300.